The number of hydrogen-bond acceptors (Lipinski definition) is 5. The van der Waals surface area contributed by atoms with Gasteiger partial charge in [-0.1, -0.05) is 45.8 Å². The standard InChI is InChI=1S/C18H19BrN4O2/c1-13-4-3-5-14(8-13)10-25-18-15(9-22-23-11-20-21-12-23)16(19)6-7-17(18)24-2/h3-8,11-12,22H,9-10H2,1-2H3. The minimum Gasteiger partial charge on any atom is -0.493 e. The maximum atomic E-state index is 6.12. The van der Waals surface area contributed by atoms with Gasteiger partial charge < -0.3 is 14.9 Å². The molecule has 0 amide bonds. The van der Waals surface area contributed by atoms with E-state index in [9.17, 15) is 0 Å². The molecule has 130 valence electrons. The number of aryl methyl sites for hydroxylation is 1. The van der Waals surface area contributed by atoms with Crippen molar-refractivity contribution in [1.29, 1.82) is 0 Å². The third-order valence-electron chi connectivity index (χ3n) is 3.71. The van der Waals surface area contributed by atoms with Crippen LogP contribution in [0.1, 0.15) is 16.7 Å². The van der Waals surface area contributed by atoms with Crippen molar-refractivity contribution in [2.45, 2.75) is 20.1 Å². The van der Waals surface area contributed by atoms with Gasteiger partial charge in [0.2, 0.25) is 0 Å². The lowest BCUT2D eigenvalue weighted by molar-refractivity contribution is 0.281. The fourth-order valence-corrected chi connectivity index (χ4v) is 2.93. The van der Waals surface area contributed by atoms with Crippen molar-refractivity contribution in [3.05, 3.63) is 70.2 Å². The first-order valence-corrected chi connectivity index (χ1v) is 8.59. The zero-order chi connectivity index (χ0) is 17.6. The number of ether oxygens (including phenoxy) is 2. The van der Waals surface area contributed by atoms with E-state index in [-0.39, 0.29) is 0 Å². The van der Waals surface area contributed by atoms with Crippen LogP contribution < -0.4 is 14.9 Å². The highest BCUT2D eigenvalue weighted by molar-refractivity contribution is 9.10. The predicted molar refractivity (Wildman–Crippen MR) is 99.3 cm³/mol. The van der Waals surface area contributed by atoms with Crippen molar-refractivity contribution in [2.24, 2.45) is 0 Å². The van der Waals surface area contributed by atoms with Crippen molar-refractivity contribution in [3.63, 3.8) is 0 Å². The second-order valence-corrected chi connectivity index (χ2v) is 6.39. The van der Waals surface area contributed by atoms with Crippen molar-refractivity contribution < 1.29 is 9.47 Å². The first kappa shape index (κ1) is 17.3. The van der Waals surface area contributed by atoms with Gasteiger partial charge in [-0.2, -0.15) is 0 Å². The largest absolute Gasteiger partial charge is 0.493 e. The highest BCUT2D eigenvalue weighted by atomic mass is 79.9. The Hall–Kier alpha value is -2.54. The Morgan fingerprint density at radius 1 is 1.16 bits per heavy atom. The Labute approximate surface area is 154 Å². The molecule has 0 saturated carbocycles. The van der Waals surface area contributed by atoms with Crippen molar-refractivity contribution in [3.8, 4) is 11.5 Å². The predicted octanol–water partition coefficient (Wildman–Crippen LogP) is 3.68. The van der Waals surface area contributed by atoms with Gasteiger partial charge in [0, 0.05) is 10.0 Å². The molecule has 1 N–H and O–H groups in total. The second-order valence-electron chi connectivity index (χ2n) is 5.54. The quantitative estimate of drug-likeness (QED) is 0.652. The molecule has 0 saturated heterocycles. The van der Waals surface area contributed by atoms with Crippen LogP contribution in [0.2, 0.25) is 0 Å². The van der Waals surface area contributed by atoms with Crippen LogP contribution in [0.3, 0.4) is 0 Å². The lowest BCUT2D eigenvalue weighted by atomic mass is 10.1. The molecule has 0 aliphatic carbocycles. The molecule has 0 atom stereocenters. The summed E-state index contributed by atoms with van der Waals surface area (Å²) < 4.78 is 14.2. The number of nitrogens with one attached hydrogen (secondary N) is 1. The van der Waals surface area contributed by atoms with Gasteiger partial charge >= 0.3 is 0 Å². The van der Waals surface area contributed by atoms with Gasteiger partial charge in [0.1, 0.15) is 19.3 Å². The molecular weight excluding hydrogens is 384 g/mol. The third kappa shape index (κ3) is 4.30. The summed E-state index contributed by atoms with van der Waals surface area (Å²) in [6.07, 6.45) is 3.20. The van der Waals surface area contributed by atoms with Gasteiger partial charge in [0.05, 0.1) is 13.7 Å². The third-order valence-corrected chi connectivity index (χ3v) is 4.45. The summed E-state index contributed by atoms with van der Waals surface area (Å²) in [6.45, 7) is 3.06. The van der Waals surface area contributed by atoms with Crippen LogP contribution >= 0.6 is 15.9 Å². The molecule has 3 rings (SSSR count). The summed E-state index contributed by atoms with van der Waals surface area (Å²) in [4.78, 5) is 0. The van der Waals surface area contributed by atoms with Crippen LogP contribution in [-0.2, 0) is 13.2 Å². The van der Waals surface area contributed by atoms with Crippen LogP contribution in [0, 0.1) is 6.92 Å². The number of halogens is 1. The van der Waals surface area contributed by atoms with Crippen LogP contribution in [0.5, 0.6) is 11.5 Å². The summed E-state index contributed by atoms with van der Waals surface area (Å²) >= 11 is 3.60. The lowest BCUT2D eigenvalue weighted by Gasteiger charge is -2.17. The molecular formula is C18H19BrN4O2. The van der Waals surface area contributed by atoms with E-state index in [1.807, 2.05) is 24.3 Å². The molecule has 0 aliphatic rings. The molecule has 1 aromatic heterocycles. The molecule has 6 nitrogen and oxygen atoms in total. The Balaban J connectivity index is 1.83. The Kier molecular flexibility index (Phi) is 5.55. The first-order valence-electron chi connectivity index (χ1n) is 7.79. The van der Waals surface area contributed by atoms with Gasteiger partial charge in [-0.3, -0.25) is 0 Å². The van der Waals surface area contributed by atoms with Crippen LogP contribution in [0.15, 0.2) is 53.5 Å². The molecule has 7 heteroatoms. The van der Waals surface area contributed by atoms with Crippen molar-refractivity contribution in [1.82, 2.24) is 14.9 Å². The molecule has 0 spiro atoms. The fraction of sp³-hybridized carbons (Fsp3) is 0.222. The van der Waals surface area contributed by atoms with Gasteiger partial charge in [0.25, 0.3) is 0 Å². The molecule has 1 heterocycles. The lowest BCUT2D eigenvalue weighted by Crippen LogP contribution is -2.14. The molecule has 25 heavy (non-hydrogen) atoms. The summed E-state index contributed by atoms with van der Waals surface area (Å²) in [6, 6.07) is 12.1. The molecule has 0 fully saturated rings. The smallest absolute Gasteiger partial charge is 0.167 e. The van der Waals surface area contributed by atoms with Crippen molar-refractivity contribution >= 4 is 15.9 Å². The number of nitrogens with zero attached hydrogens (tertiary/aromatic N) is 3. The normalized spacial score (nSPS) is 10.5. The first-order chi connectivity index (χ1) is 12.2. The Morgan fingerprint density at radius 3 is 2.68 bits per heavy atom. The number of benzene rings is 2. The van der Waals surface area contributed by atoms with E-state index < -0.39 is 0 Å². The topological polar surface area (TPSA) is 61.2 Å². The molecule has 0 unspecified atom stereocenters. The molecule has 2 aromatic carbocycles. The number of hydrogen-bond donors (Lipinski definition) is 1. The number of rotatable bonds is 7. The zero-order valence-electron chi connectivity index (χ0n) is 14.1. The van der Waals surface area contributed by atoms with E-state index in [1.54, 1.807) is 24.4 Å². The van der Waals surface area contributed by atoms with E-state index in [1.165, 1.54) is 5.56 Å². The molecule has 3 aromatic rings. The Morgan fingerprint density at radius 2 is 1.96 bits per heavy atom. The van der Waals surface area contributed by atoms with Crippen LogP contribution in [0.25, 0.3) is 0 Å². The van der Waals surface area contributed by atoms with Gasteiger partial charge in [-0.15, -0.1) is 10.2 Å². The van der Waals surface area contributed by atoms with E-state index in [2.05, 4.69) is 50.6 Å². The number of methoxy groups -OCH3 is 1. The number of aromatic nitrogens is 3. The van der Waals surface area contributed by atoms with Gasteiger partial charge in [-0.25, -0.2) is 4.68 Å². The summed E-state index contributed by atoms with van der Waals surface area (Å²) in [5, 5.41) is 7.56. The van der Waals surface area contributed by atoms with Gasteiger partial charge in [0.15, 0.2) is 11.5 Å². The molecule has 0 aliphatic heterocycles. The zero-order valence-corrected chi connectivity index (χ0v) is 15.7. The maximum Gasteiger partial charge on any atom is 0.167 e. The SMILES string of the molecule is COc1ccc(Br)c(CNn2cnnc2)c1OCc1cccc(C)c1. The Bertz CT molecular complexity index is 837. The van der Waals surface area contributed by atoms with Gasteiger partial charge in [-0.05, 0) is 24.6 Å². The summed E-state index contributed by atoms with van der Waals surface area (Å²) in [5.74, 6) is 1.40. The molecule has 0 radical (unpaired) electrons. The minimum absolute atomic E-state index is 0.466. The van der Waals surface area contributed by atoms with Crippen LogP contribution in [0.4, 0.5) is 0 Å². The van der Waals surface area contributed by atoms with Crippen molar-refractivity contribution in [2.75, 3.05) is 12.5 Å². The molecule has 0 bridgehead atoms. The highest BCUT2D eigenvalue weighted by Crippen LogP contribution is 2.37. The summed E-state index contributed by atoms with van der Waals surface area (Å²) in [7, 11) is 1.64. The average Bonchev–Trinajstić information content (AvgIpc) is 3.12. The van der Waals surface area contributed by atoms with E-state index in [4.69, 9.17) is 9.47 Å². The fourth-order valence-electron chi connectivity index (χ4n) is 2.48. The second kappa shape index (κ2) is 8.02. The monoisotopic (exact) mass is 402 g/mol. The van der Waals surface area contributed by atoms with E-state index >= 15 is 0 Å². The maximum absolute atomic E-state index is 6.12. The van der Waals surface area contributed by atoms with E-state index in [0.717, 1.165) is 15.6 Å². The van der Waals surface area contributed by atoms with E-state index in [0.29, 0.717) is 24.7 Å². The summed E-state index contributed by atoms with van der Waals surface area (Å²) in [5.41, 5.74) is 6.48. The van der Waals surface area contributed by atoms with Crippen LogP contribution in [-0.4, -0.2) is 22.0 Å². The minimum atomic E-state index is 0.466. The average molecular weight is 403 g/mol. The highest BCUT2D eigenvalue weighted by Gasteiger charge is 2.15.